The van der Waals surface area contributed by atoms with E-state index in [1.54, 1.807) is 4.90 Å². The van der Waals surface area contributed by atoms with Crippen LogP contribution in [0.5, 0.6) is 11.5 Å². The Balaban J connectivity index is 1.41. The molecule has 3 heterocycles. The monoisotopic (exact) mass is 501 g/mol. The zero-order valence-electron chi connectivity index (χ0n) is 18.9. The van der Waals surface area contributed by atoms with Crippen molar-refractivity contribution in [3.63, 3.8) is 0 Å². The molecule has 6 rings (SSSR count). The van der Waals surface area contributed by atoms with Gasteiger partial charge < -0.3 is 19.4 Å². The number of nitrogens with one attached hydrogen (secondary N) is 1. The number of ether oxygens (including phenoxy) is 2. The smallest absolute Gasteiger partial charge is 0.270 e. The normalized spacial score (nSPS) is 16.5. The molecule has 2 aliphatic rings. The van der Waals surface area contributed by atoms with Crippen LogP contribution in [0.15, 0.2) is 66.7 Å². The number of benzene rings is 3. The number of para-hydroxylation sites is 1. The largest absolute Gasteiger partial charge is 0.454 e. The highest BCUT2D eigenvalue weighted by Gasteiger charge is 2.34. The first-order valence-corrected chi connectivity index (χ1v) is 11.8. The molecule has 4 aromatic rings. The van der Waals surface area contributed by atoms with Crippen LogP contribution in [0.1, 0.15) is 28.4 Å². The lowest BCUT2D eigenvalue weighted by Crippen LogP contribution is -2.39. The Morgan fingerprint density at radius 1 is 1.11 bits per heavy atom. The third-order valence-electron chi connectivity index (χ3n) is 6.63. The number of carbonyl (C=O) groups is 1. The molecule has 3 aromatic carbocycles. The summed E-state index contributed by atoms with van der Waals surface area (Å²) in [4.78, 5) is 29.5. The molecule has 1 amide bonds. The van der Waals surface area contributed by atoms with Gasteiger partial charge in [-0.3, -0.25) is 14.9 Å². The Kier molecular flexibility index (Phi) is 5.38. The van der Waals surface area contributed by atoms with Gasteiger partial charge in [0.05, 0.1) is 11.0 Å². The fraction of sp³-hybridized carbons (Fsp3) is 0.148. The van der Waals surface area contributed by atoms with Gasteiger partial charge in [0.15, 0.2) is 11.5 Å². The molecule has 0 aliphatic carbocycles. The van der Waals surface area contributed by atoms with Gasteiger partial charge in [0.1, 0.15) is 0 Å². The molecule has 1 unspecified atom stereocenters. The minimum Gasteiger partial charge on any atom is -0.454 e. The summed E-state index contributed by atoms with van der Waals surface area (Å²) in [6.07, 6.45) is 3.63. The van der Waals surface area contributed by atoms with Crippen LogP contribution >= 0.6 is 11.6 Å². The van der Waals surface area contributed by atoms with Crippen LogP contribution in [0, 0.1) is 10.1 Å². The number of amides is 1. The summed E-state index contributed by atoms with van der Waals surface area (Å²) >= 11 is 6.23. The van der Waals surface area contributed by atoms with Crippen LogP contribution in [-0.2, 0) is 11.2 Å². The SMILES string of the molecule is O=C(C=Cc1cc([N+](=O)[O-])ccc1Cl)N1CCc2c([nH]c3ccccc23)C1c1ccc2c(c1)OCO2. The summed E-state index contributed by atoms with van der Waals surface area (Å²) in [7, 11) is 0. The van der Waals surface area contributed by atoms with Crippen LogP contribution in [0.25, 0.3) is 17.0 Å². The number of carbonyl (C=O) groups excluding carboxylic acids is 1. The maximum Gasteiger partial charge on any atom is 0.270 e. The summed E-state index contributed by atoms with van der Waals surface area (Å²) < 4.78 is 11.1. The molecule has 0 saturated carbocycles. The summed E-state index contributed by atoms with van der Waals surface area (Å²) in [6.45, 7) is 0.663. The van der Waals surface area contributed by atoms with Crippen molar-refractivity contribution in [2.45, 2.75) is 12.5 Å². The van der Waals surface area contributed by atoms with Crippen molar-refractivity contribution >= 4 is 40.2 Å². The van der Waals surface area contributed by atoms with Gasteiger partial charge in [-0.2, -0.15) is 0 Å². The van der Waals surface area contributed by atoms with E-state index in [9.17, 15) is 14.9 Å². The van der Waals surface area contributed by atoms with E-state index in [4.69, 9.17) is 21.1 Å². The molecule has 2 aliphatic heterocycles. The number of aromatic nitrogens is 1. The molecule has 0 bridgehead atoms. The Morgan fingerprint density at radius 2 is 1.94 bits per heavy atom. The maximum atomic E-state index is 13.5. The molecule has 9 heteroatoms. The highest BCUT2D eigenvalue weighted by atomic mass is 35.5. The van der Waals surface area contributed by atoms with Crippen LogP contribution in [0.2, 0.25) is 5.02 Å². The fourth-order valence-electron chi connectivity index (χ4n) is 4.94. The average molecular weight is 502 g/mol. The number of rotatable bonds is 4. The third-order valence-corrected chi connectivity index (χ3v) is 6.97. The number of H-pyrrole nitrogens is 1. The first-order chi connectivity index (χ1) is 17.5. The molecule has 1 atom stereocenters. The van der Waals surface area contributed by atoms with E-state index in [0.717, 1.165) is 22.2 Å². The number of halogens is 1. The van der Waals surface area contributed by atoms with Gasteiger partial charge in [0.25, 0.3) is 5.69 Å². The second-order valence-electron chi connectivity index (χ2n) is 8.66. The van der Waals surface area contributed by atoms with Gasteiger partial charge in [0.2, 0.25) is 12.7 Å². The van der Waals surface area contributed by atoms with Crippen molar-refractivity contribution in [2.75, 3.05) is 13.3 Å². The molecular formula is C27H20ClN3O5. The van der Waals surface area contributed by atoms with Crippen molar-refractivity contribution < 1.29 is 19.2 Å². The fourth-order valence-corrected chi connectivity index (χ4v) is 5.12. The summed E-state index contributed by atoms with van der Waals surface area (Å²) in [5.74, 6) is 1.08. The maximum absolute atomic E-state index is 13.5. The summed E-state index contributed by atoms with van der Waals surface area (Å²) in [5.41, 5.74) is 4.36. The third kappa shape index (κ3) is 3.76. The number of non-ortho nitro benzene ring substituents is 1. The molecular weight excluding hydrogens is 482 g/mol. The van der Waals surface area contributed by atoms with Crippen molar-refractivity contribution in [1.29, 1.82) is 0 Å². The van der Waals surface area contributed by atoms with Gasteiger partial charge in [0, 0.05) is 51.9 Å². The van der Waals surface area contributed by atoms with Crippen molar-refractivity contribution in [3.05, 3.63) is 104 Å². The van der Waals surface area contributed by atoms with Crippen molar-refractivity contribution in [3.8, 4) is 11.5 Å². The van der Waals surface area contributed by atoms with E-state index >= 15 is 0 Å². The van der Waals surface area contributed by atoms with E-state index < -0.39 is 4.92 Å². The van der Waals surface area contributed by atoms with E-state index in [-0.39, 0.29) is 24.4 Å². The van der Waals surface area contributed by atoms with Crippen molar-refractivity contribution in [1.82, 2.24) is 9.88 Å². The molecule has 180 valence electrons. The van der Waals surface area contributed by atoms with Crippen molar-refractivity contribution in [2.24, 2.45) is 0 Å². The van der Waals surface area contributed by atoms with E-state index in [0.29, 0.717) is 35.1 Å². The lowest BCUT2D eigenvalue weighted by atomic mass is 9.92. The standard InChI is InChI=1S/C27H20ClN3O5/c28-21-8-7-18(31(33)34)13-16(21)6-10-25(32)30-12-11-20-19-3-1-2-4-22(19)29-26(20)27(30)17-5-9-23-24(14-17)36-15-35-23/h1-10,13-14,27,29H,11-12,15H2. The highest BCUT2D eigenvalue weighted by molar-refractivity contribution is 6.32. The Labute approximate surface area is 210 Å². The topological polar surface area (TPSA) is 97.7 Å². The van der Waals surface area contributed by atoms with Gasteiger partial charge in [-0.05, 0) is 47.9 Å². The molecule has 0 saturated heterocycles. The van der Waals surface area contributed by atoms with Crippen LogP contribution < -0.4 is 9.47 Å². The zero-order chi connectivity index (χ0) is 24.8. The first kappa shape index (κ1) is 22.2. The molecule has 0 fully saturated rings. The number of nitrogens with zero attached hydrogens (tertiary/aromatic N) is 2. The minimum atomic E-state index is -0.493. The van der Waals surface area contributed by atoms with Crippen LogP contribution in [0.3, 0.4) is 0 Å². The predicted molar refractivity (Wildman–Crippen MR) is 135 cm³/mol. The van der Waals surface area contributed by atoms with Gasteiger partial charge in [-0.15, -0.1) is 0 Å². The number of aromatic amines is 1. The Morgan fingerprint density at radius 3 is 2.81 bits per heavy atom. The summed E-state index contributed by atoms with van der Waals surface area (Å²) in [5, 5.41) is 12.6. The lowest BCUT2D eigenvalue weighted by Gasteiger charge is -2.35. The molecule has 0 radical (unpaired) electrons. The van der Waals surface area contributed by atoms with Gasteiger partial charge in [-0.1, -0.05) is 35.9 Å². The molecule has 8 nitrogen and oxygen atoms in total. The highest BCUT2D eigenvalue weighted by Crippen LogP contribution is 2.42. The minimum absolute atomic E-state index is 0.0922. The number of nitro groups is 1. The molecule has 36 heavy (non-hydrogen) atoms. The average Bonchev–Trinajstić information content (AvgIpc) is 3.51. The van der Waals surface area contributed by atoms with Gasteiger partial charge >= 0.3 is 0 Å². The molecule has 1 N–H and O–H groups in total. The van der Waals surface area contributed by atoms with Gasteiger partial charge in [-0.25, -0.2) is 0 Å². The first-order valence-electron chi connectivity index (χ1n) is 11.4. The zero-order valence-corrected chi connectivity index (χ0v) is 19.7. The molecule has 0 spiro atoms. The second kappa shape index (κ2) is 8.73. The summed E-state index contributed by atoms with van der Waals surface area (Å²) in [6, 6.07) is 17.6. The number of nitro benzene ring substituents is 1. The number of hydrogen-bond acceptors (Lipinski definition) is 5. The number of hydrogen-bond donors (Lipinski definition) is 1. The Bertz CT molecular complexity index is 1560. The number of fused-ring (bicyclic) bond motifs is 4. The van der Waals surface area contributed by atoms with Crippen LogP contribution in [-0.4, -0.2) is 34.1 Å². The van der Waals surface area contributed by atoms with E-state index in [1.165, 1.54) is 35.9 Å². The predicted octanol–water partition coefficient (Wildman–Crippen LogP) is 5.65. The quantitative estimate of drug-likeness (QED) is 0.221. The van der Waals surface area contributed by atoms with E-state index in [2.05, 4.69) is 11.1 Å². The van der Waals surface area contributed by atoms with E-state index in [1.807, 2.05) is 36.4 Å². The van der Waals surface area contributed by atoms with Crippen LogP contribution in [0.4, 0.5) is 5.69 Å². The second-order valence-corrected chi connectivity index (χ2v) is 9.06. The Hall–Kier alpha value is -4.30. The lowest BCUT2D eigenvalue weighted by molar-refractivity contribution is -0.384. The molecule has 1 aromatic heterocycles.